The number of para-hydroxylation sites is 1. The van der Waals surface area contributed by atoms with Gasteiger partial charge in [0.05, 0.1) is 15.5 Å². The van der Waals surface area contributed by atoms with Gasteiger partial charge in [-0.1, -0.05) is 25.1 Å². The van der Waals surface area contributed by atoms with Crippen LogP contribution in [-0.2, 0) is 26.4 Å². The summed E-state index contributed by atoms with van der Waals surface area (Å²) in [6.45, 7) is -1.80. The van der Waals surface area contributed by atoms with Crippen molar-refractivity contribution in [2.75, 3.05) is 5.75 Å². The van der Waals surface area contributed by atoms with Crippen molar-refractivity contribution in [2.45, 2.75) is 29.9 Å². The molecule has 0 saturated heterocycles. The van der Waals surface area contributed by atoms with E-state index >= 15 is 0 Å². The Morgan fingerprint density at radius 2 is 1.54 bits per heavy atom. The highest BCUT2D eigenvalue weighted by molar-refractivity contribution is 7.91. The van der Waals surface area contributed by atoms with E-state index in [1.807, 2.05) is 0 Å². The Morgan fingerprint density at radius 3 is 2.12 bits per heavy atom. The van der Waals surface area contributed by atoms with Crippen molar-refractivity contribution >= 4 is 19.9 Å². The van der Waals surface area contributed by atoms with E-state index in [-0.39, 0.29) is 33.4 Å². The number of alkyl halides is 2. The third-order valence-corrected chi connectivity index (χ3v) is 6.68. The van der Waals surface area contributed by atoms with Crippen LogP contribution in [0.1, 0.15) is 12.5 Å². The molecule has 26 heavy (non-hydrogen) atoms. The monoisotopic (exact) mass is 405 g/mol. The van der Waals surface area contributed by atoms with Gasteiger partial charge in [0.25, 0.3) is 0 Å². The summed E-state index contributed by atoms with van der Waals surface area (Å²) < 4.78 is 79.6. The van der Waals surface area contributed by atoms with Gasteiger partial charge < -0.3 is 4.74 Å². The molecule has 6 nitrogen and oxygen atoms in total. The second-order valence-electron chi connectivity index (χ2n) is 5.19. The average molecular weight is 405 g/mol. The first-order valence-corrected chi connectivity index (χ1v) is 10.6. The van der Waals surface area contributed by atoms with E-state index in [9.17, 15) is 25.6 Å². The Kier molecular flexibility index (Phi) is 6.32. The predicted octanol–water partition coefficient (Wildman–Crippen LogP) is 2.56. The molecule has 0 saturated carbocycles. The predicted molar refractivity (Wildman–Crippen MR) is 91.3 cm³/mol. The van der Waals surface area contributed by atoms with Crippen LogP contribution in [0.15, 0.2) is 58.3 Å². The van der Waals surface area contributed by atoms with E-state index in [2.05, 4.69) is 9.46 Å². The van der Waals surface area contributed by atoms with Crippen LogP contribution in [0.5, 0.6) is 5.75 Å². The van der Waals surface area contributed by atoms with Gasteiger partial charge in [-0.15, -0.1) is 0 Å². The Bertz CT molecular complexity index is 958. The Hall–Kier alpha value is -2.04. The van der Waals surface area contributed by atoms with Gasteiger partial charge in [0.2, 0.25) is 10.0 Å². The molecule has 1 N–H and O–H groups in total. The van der Waals surface area contributed by atoms with E-state index in [1.165, 1.54) is 49.4 Å². The van der Waals surface area contributed by atoms with Crippen LogP contribution in [0, 0.1) is 0 Å². The van der Waals surface area contributed by atoms with Gasteiger partial charge in [-0.3, -0.25) is 0 Å². The fourth-order valence-corrected chi connectivity index (χ4v) is 4.00. The van der Waals surface area contributed by atoms with Crippen molar-refractivity contribution in [1.82, 2.24) is 4.72 Å². The van der Waals surface area contributed by atoms with Gasteiger partial charge in [-0.2, -0.15) is 8.78 Å². The standard InChI is InChI=1S/C16H17F2NO5S2/c1-2-25(20,21)13-7-9-14(10-8-13)26(22,23)19-11-12-5-3-4-6-15(12)24-16(17)18/h3-10,16,19H,2,11H2,1H3. The van der Waals surface area contributed by atoms with E-state index in [0.717, 1.165) is 0 Å². The van der Waals surface area contributed by atoms with Crippen molar-refractivity contribution in [3.63, 3.8) is 0 Å². The molecule has 0 heterocycles. The van der Waals surface area contributed by atoms with Gasteiger partial charge in [0.15, 0.2) is 9.84 Å². The van der Waals surface area contributed by atoms with Crippen LogP contribution in [-0.4, -0.2) is 29.2 Å². The van der Waals surface area contributed by atoms with Crippen LogP contribution in [0.2, 0.25) is 0 Å². The highest BCUT2D eigenvalue weighted by Gasteiger charge is 2.18. The molecule has 2 aromatic rings. The number of benzene rings is 2. The molecule has 2 rings (SSSR count). The summed E-state index contributed by atoms with van der Waals surface area (Å²) in [5, 5.41) is 0. The zero-order valence-electron chi connectivity index (χ0n) is 13.7. The minimum atomic E-state index is -3.96. The maximum Gasteiger partial charge on any atom is 0.387 e. The Morgan fingerprint density at radius 1 is 0.962 bits per heavy atom. The molecule has 0 unspecified atom stereocenters. The molecule has 0 bridgehead atoms. The fourth-order valence-electron chi connectivity index (χ4n) is 2.11. The molecule has 10 heteroatoms. The Balaban J connectivity index is 2.17. The first kappa shape index (κ1) is 20.3. The molecule has 0 amide bonds. The Labute approximate surface area is 150 Å². The van der Waals surface area contributed by atoms with Gasteiger partial charge in [0, 0.05) is 12.1 Å². The lowest BCUT2D eigenvalue weighted by molar-refractivity contribution is -0.0504. The molecule has 0 aliphatic rings. The van der Waals surface area contributed by atoms with E-state index in [1.54, 1.807) is 6.07 Å². The minimum Gasteiger partial charge on any atom is -0.434 e. The molecule has 0 atom stereocenters. The zero-order valence-corrected chi connectivity index (χ0v) is 15.4. The highest BCUT2D eigenvalue weighted by Crippen LogP contribution is 2.21. The fraction of sp³-hybridized carbons (Fsp3) is 0.250. The number of hydrogen-bond acceptors (Lipinski definition) is 5. The molecule has 0 radical (unpaired) electrons. The largest absolute Gasteiger partial charge is 0.434 e. The maximum atomic E-state index is 12.4. The number of sulfonamides is 1. The summed E-state index contributed by atoms with van der Waals surface area (Å²) in [5.41, 5.74) is 0.238. The molecule has 0 spiro atoms. The van der Waals surface area contributed by atoms with E-state index < -0.39 is 26.5 Å². The minimum absolute atomic E-state index is 0.0228. The molecule has 0 aliphatic carbocycles. The first-order chi connectivity index (χ1) is 12.2. The molecular formula is C16H17F2NO5S2. The van der Waals surface area contributed by atoms with Crippen molar-refractivity contribution < 1.29 is 30.4 Å². The lowest BCUT2D eigenvalue weighted by atomic mass is 10.2. The highest BCUT2D eigenvalue weighted by atomic mass is 32.2. The molecule has 0 aromatic heterocycles. The van der Waals surface area contributed by atoms with Crippen molar-refractivity contribution in [3.05, 3.63) is 54.1 Å². The molecule has 0 aliphatic heterocycles. The summed E-state index contributed by atoms with van der Waals surface area (Å²) in [4.78, 5) is -0.116. The van der Waals surface area contributed by atoms with Crippen LogP contribution >= 0.6 is 0 Å². The van der Waals surface area contributed by atoms with Gasteiger partial charge in [-0.05, 0) is 30.3 Å². The van der Waals surface area contributed by atoms with Gasteiger partial charge in [0.1, 0.15) is 5.75 Å². The van der Waals surface area contributed by atoms with Crippen LogP contribution in [0.25, 0.3) is 0 Å². The lowest BCUT2D eigenvalue weighted by Gasteiger charge is -2.12. The SMILES string of the molecule is CCS(=O)(=O)c1ccc(S(=O)(=O)NCc2ccccc2OC(F)F)cc1. The smallest absolute Gasteiger partial charge is 0.387 e. The molecule has 2 aromatic carbocycles. The lowest BCUT2D eigenvalue weighted by Crippen LogP contribution is -2.23. The van der Waals surface area contributed by atoms with Crippen LogP contribution in [0.3, 0.4) is 0 Å². The van der Waals surface area contributed by atoms with Gasteiger partial charge >= 0.3 is 6.61 Å². The maximum absolute atomic E-state index is 12.4. The summed E-state index contributed by atoms with van der Waals surface area (Å²) in [6, 6.07) is 10.6. The number of hydrogen-bond donors (Lipinski definition) is 1. The summed E-state index contributed by atoms with van der Waals surface area (Å²) in [7, 11) is -7.40. The van der Waals surface area contributed by atoms with Crippen LogP contribution in [0.4, 0.5) is 8.78 Å². The zero-order chi connectivity index (χ0) is 19.4. The first-order valence-electron chi connectivity index (χ1n) is 7.51. The normalized spacial score (nSPS) is 12.3. The second-order valence-corrected chi connectivity index (χ2v) is 9.23. The number of sulfone groups is 1. The summed E-state index contributed by atoms with van der Waals surface area (Å²) in [5.74, 6) is -0.229. The van der Waals surface area contributed by atoms with Crippen molar-refractivity contribution in [1.29, 1.82) is 0 Å². The summed E-state index contributed by atoms with van der Waals surface area (Å²) >= 11 is 0. The molecule has 142 valence electrons. The van der Waals surface area contributed by atoms with Crippen molar-refractivity contribution in [3.8, 4) is 5.75 Å². The topological polar surface area (TPSA) is 89.5 Å². The van der Waals surface area contributed by atoms with E-state index in [0.29, 0.717) is 0 Å². The average Bonchev–Trinajstić information content (AvgIpc) is 2.60. The number of halogens is 2. The van der Waals surface area contributed by atoms with E-state index in [4.69, 9.17) is 0 Å². The number of nitrogens with one attached hydrogen (secondary N) is 1. The van der Waals surface area contributed by atoms with Crippen LogP contribution < -0.4 is 9.46 Å². The molecule has 0 fully saturated rings. The summed E-state index contributed by atoms with van der Waals surface area (Å²) in [6.07, 6.45) is 0. The second kappa shape index (κ2) is 8.11. The van der Waals surface area contributed by atoms with Crippen molar-refractivity contribution in [2.24, 2.45) is 0 Å². The third-order valence-electron chi connectivity index (χ3n) is 3.51. The quantitative estimate of drug-likeness (QED) is 0.729. The number of rotatable bonds is 8. The number of ether oxygens (including phenoxy) is 1. The van der Waals surface area contributed by atoms with Gasteiger partial charge in [-0.25, -0.2) is 21.6 Å². The third kappa shape index (κ3) is 4.99. The molecular weight excluding hydrogens is 388 g/mol.